The third-order valence-electron chi connectivity index (χ3n) is 3.97. The van der Waals surface area contributed by atoms with Crippen molar-refractivity contribution in [2.24, 2.45) is 5.92 Å². The monoisotopic (exact) mass is 308 g/mol. The molecular weight excluding hydrogens is 287 g/mol. The molecule has 0 unspecified atom stereocenters. The fourth-order valence-corrected chi connectivity index (χ4v) is 2.73. The van der Waals surface area contributed by atoms with E-state index in [1.54, 1.807) is 0 Å². The van der Waals surface area contributed by atoms with Gasteiger partial charge >= 0.3 is 0 Å². The second-order valence-electron chi connectivity index (χ2n) is 5.75. The second kappa shape index (κ2) is 7.35. The Bertz CT molecular complexity index is 554. The molecule has 3 N–H and O–H groups in total. The lowest BCUT2D eigenvalue weighted by atomic mass is 9.86. The summed E-state index contributed by atoms with van der Waals surface area (Å²) in [5.41, 5.74) is 0.318. The number of hydrogen-bond acceptors (Lipinski definition) is 3. The standard InChI is InChI=1S/C16H21FN2O3/c1-10(21)18-13-6-7-15(17)14(8-13)16(22)19-12-4-2-11(9-20)3-5-12/h6-8,11-12,20H,2-5,9H2,1H3,(H,18,21)(H,19,22). The minimum absolute atomic E-state index is 0.000813. The Hall–Kier alpha value is -1.95. The highest BCUT2D eigenvalue weighted by atomic mass is 19.1. The van der Waals surface area contributed by atoms with Crippen LogP contribution in [0.3, 0.4) is 0 Å². The van der Waals surface area contributed by atoms with Crippen LogP contribution >= 0.6 is 0 Å². The van der Waals surface area contributed by atoms with Crippen LogP contribution in [-0.4, -0.2) is 29.6 Å². The molecule has 0 heterocycles. The normalized spacial score (nSPS) is 21.2. The van der Waals surface area contributed by atoms with E-state index in [-0.39, 0.29) is 24.1 Å². The summed E-state index contributed by atoms with van der Waals surface area (Å²) in [6.45, 7) is 1.52. The Morgan fingerprint density at radius 3 is 2.55 bits per heavy atom. The maximum absolute atomic E-state index is 13.8. The number of aliphatic hydroxyl groups is 1. The van der Waals surface area contributed by atoms with Crippen molar-refractivity contribution in [1.82, 2.24) is 5.32 Å². The largest absolute Gasteiger partial charge is 0.396 e. The van der Waals surface area contributed by atoms with Crippen molar-refractivity contribution >= 4 is 17.5 Å². The van der Waals surface area contributed by atoms with Crippen LogP contribution in [0.5, 0.6) is 0 Å². The van der Waals surface area contributed by atoms with E-state index in [4.69, 9.17) is 5.11 Å². The van der Waals surface area contributed by atoms with E-state index in [1.165, 1.54) is 25.1 Å². The lowest BCUT2D eigenvalue weighted by molar-refractivity contribution is -0.114. The van der Waals surface area contributed by atoms with Gasteiger partial charge in [0.15, 0.2) is 0 Å². The average molecular weight is 308 g/mol. The Kier molecular flexibility index (Phi) is 5.49. The summed E-state index contributed by atoms with van der Waals surface area (Å²) in [6.07, 6.45) is 3.28. The van der Waals surface area contributed by atoms with Gasteiger partial charge in [-0.1, -0.05) is 0 Å². The van der Waals surface area contributed by atoms with Gasteiger partial charge in [-0.05, 0) is 49.8 Å². The zero-order valence-electron chi connectivity index (χ0n) is 12.6. The summed E-state index contributed by atoms with van der Waals surface area (Å²) < 4.78 is 13.8. The van der Waals surface area contributed by atoms with Gasteiger partial charge in [-0.2, -0.15) is 0 Å². The van der Waals surface area contributed by atoms with Gasteiger partial charge in [0, 0.05) is 25.3 Å². The Morgan fingerprint density at radius 1 is 1.27 bits per heavy atom. The van der Waals surface area contributed by atoms with Gasteiger partial charge in [-0.15, -0.1) is 0 Å². The third-order valence-corrected chi connectivity index (χ3v) is 3.97. The molecule has 0 aliphatic heterocycles. The van der Waals surface area contributed by atoms with Gasteiger partial charge in [-0.25, -0.2) is 4.39 Å². The van der Waals surface area contributed by atoms with Crippen LogP contribution in [0.4, 0.5) is 10.1 Å². The van der Waals surface area contributed by atoms with Crippen molar-refractivity contribution in [3.05, 3.63) is 29.6 Å². The number of amides is 2. The molecule has 0 atom stereocenters. The SMILES string of the molecule is CC(=O)Nc1ccc(F)c(C(=O)NC2CCC(CO)CC2)c1. The molecule has 0 bridgehead atoms. The Morgan fingerprint density at radius 2 is 1.95 bits per heavy atom. The summed E-state index contributed by atoms with van der Waals surface area (Å²) in [5.74, 6) is -1.07. The van der Waals surface area contributed by atoms with Crippen LogP contribution < -0.4 is 10.6 Å². The highest BCUT2D eigenvalue weighted by Crippen LogP contribution is 2.24. The first-order chi connectivity index (χ1) is 10.5. The lowest BCUT2D eigenvalue weighted by Gasteiger charge is -2.28. The summed E-state index contributed by atoms with van der Waals surface area (Å²) in [5, 5.41) is 14.5. The van der Waals surface area contributed by atoms with Gasteiger partial charge in [-0.3, -0.25) is 9.59 Å². The zero-order valence-corrected chi connectivity index (χ0v) is 12.6. The molecule has 1 aliphatic carbocycles. The number of nitrogens with one attached hydrogen (secondary N) is 2. The molecule has 0 spiro atoms. The van der Waals surface area contributed by atoms with Gasteiger partial charge in [0.2, 0.25) is 5.91 Å². The maximum Gasteiger partial charge on any atom is 0.254 e. The number of carbonyl (C=O) groups excluding carboxylic acids is 2. The molecule has 6 heteroatoms. The molecule has 1 aromatic carbocycles. The summed E-state index contributed by atoms with van der Waals surface area (Å²) in [4.78, 5) is 23.2. The summed E-state index contributed by atoms with van der Waals surface area (Å²) in [6, 6.07) is 3.92. The molecule has 0 saturated heterocycles. The molecule has 1 aliphatic rings. The van der Waals surface area contributed by atoms with Crippen molar-refractivity contribution in [1.29, 1.82) is 0 Å². The van der Waals surface area contributed by atoms with E-state index >= 15 is 0 Å². The number of benzene rings is 1. The molecule has 1 aromatic rings. The molecule has 120 valence electrons. The number of halogens is 1. The van der Waals surface area contributed by atoms with Crippen molar-refractivity contribution < 1.29 is 19.1 Å². The van der Waals surface area contributed by atoms with Gasteiger partial charge in [0.05, 0.1) is 5.56 Å². The molecule has 2 rings (SSSR count). The van der Waals surface area contributed by atoms with Crippen LogP contribution in [0.2, 0.25) is 0 Å². The molecule has 1 fully saturated rings. The van der Waals surface area contributed by atoms with E-state index in [0.29, 0.717) is 11.6 Å². The zero-order chi connectivity index (χ0) is 16.1. The smallest absolute Gasteiger partial charge is 0.254 e. The second-order valence-corrected chi connectivity index (χ2v) is 5.75. The first-order valence-corrected chi connectivity index (χ1v) is 7.48. The summed E-state index contributed by atoms with van der Waals surface area (Å²) >= 11 is 0. The molecule has 1 saturated carbocycles. The van der Waals surface area contributed by atoms with Crippen LogP contribution in [-0.2, 0) is 4.79 Å². The van der Waals surface area contributed by atoms with Gasteiger partial charge < -0.3 is 15.7 Å². The number of hydrogen-bond donors (Lipinski definition) is 3. The molecule has 5 nitrogen and oxygen atoms in total. The van der Waals surface area contributed by atoms with Crippen molar-refractivity contribution in [2.45, 2.75) is 38.6 Å². The average Bonchev–Trinajstić information content (AvgIpc) is 2.49. The van der Waals surface area contributed by atoms with E-state index < -0.39 is 11.7 Å². The van der Waals surface area contributed by atoms with E-state index in [9.17, 15) is 14.0 Å². The van der Waals surface area contributed by atoms with Crippen molar-refractivity contribution in [3.63, 3.8) is 0 Å². The lowest BCUT2D eigenvalue weighted by Crippen LogP contribution is -2.38. The predicted molar refractivity (Wildman–Crippen MR) is 81.0 cm³/mol. The first-order valence-electron chi connectivity index (χ1n) is 7.48. The van der Waals surface area contributed by atoms with Crippen LogP contribution in [0.15, 0.2) is 18.2 Å². The number of carbonyl (C=O) groups is 2. The third kappa shape index (κ3) is 4.27. The van der Waals surface area contributed by atoms with E-state index in [0.717, 1.165) is 25.7 Å². The van der Waals surface area contributed by atoms with E-state index in [1.807, 2.05) is 0 Å². The topological polar surface area (TPSA) is 78.4 Å². The molecule has 0 radical (unpaired) electrons. The quantitative estimate of drug-likeness (QED) is 0.796. The first kappa shape index (κ1) is 16.4. The Balaban J connectivity index is 2.01. The van der Waals surface area contributed by atoms with Crippen molar-refractivity contribution in [3.8, 4) is 0 Å². The summed E-state index contributed by atoms with van der Waals surface area (Å²) in [7, 11) is 0. The van der Waals surface area contributed by atoms with Crippen LogP contribution in [0.1, 0.15) is 43.0 Å². The minimum Gasteiger partial charge on any atom is -0.396 e. The minimum atomic E-state index is -0.615. The number of anilines is 1. The van der Waals surface area contributed by atoms with Crippen molar-refractivity contribution in [2.75, 3.05) is 11.9 Å². The number of rotatable bonds is 4. The number of aliphatic hydroxyl groups excluding tert-OH is 1. The molecule has 0 aromatic heterocycles. The van der Waals surface area contributed by atoms with Crippen LogP contribution in [0, 0.1) is 11.7 Å². The fourth-order valence-electron chi connectivity index (χ4n) is 2.73. The van der Waals surface area contributed by atoms with Gasteiger partial charge in [0.25, 0.3) is 5.91 Å². The van der Waals surface area contributed by atoms with E-state index in [2.05, 4.69) is 10.6 Å². The predicted octanol–water partition coefficient (Wildman–Crippen LogP) is 2.06. The maximum atomic E-state index is 13.8. The highest BCUT2D eigenvalue weighted by Gasteiger charge is 2.23. The van der Waals surface area contributed by atoms with Crippen LogP contribution in [0.25, 0.3) is 0 Å². The Labute approximate surface area is 128 Å². The molecule has 2 amide bonds. The fraction of sp³-hybridized carbons (Fsp3) is 0.500. The molecular formula is C16H21FN2O3. The van der Waals surface area contributed by atoms with Gasteiger partial charge in [0.1, 0.15) is 5.82 Å². The highest BCUT2D eigenvalue weighted by molar-refractivity contribution is 5.97. The molecule has 22 heavy (non-hydrogen) atoms.